The molecule has 0 aliphatic carbocycles. The molecule has 0 spiro atoms. The highest BCUT2D eigenvalue weighted by molar-refractivity contribution is 7.14. The summed E-state index contributed by atoms with van der Waals surface area (Å²) in [4.78, 5) is 10.5. The van der Waals surface area contributed by atoms with Crippen LogP contribution < -0.4 is 4.90 Å². The van der Waals surface area contributed by atoms with Crippen molar-refractivity contribution in [3.05, 3.63) is 60.2 Å². The van der Waals surface area contributed by atoms with Crippen LogP contribution in [0.1, 0.15) is 0 Å². The Bertz CT molecular complexity index is 638. The second-order valence-corrected chi connectivity index (χ2v) is 4.78. The summed E-state index contributed by atoms with van der Waals surface area (Å²) in [7, 11) is 0. The average molecular weight is 269 g/mol. The Morgan fingerprint density at radius 2 is 1.68 bits per heavy atom. The summed E-state index contributed by atoms with van der Waals surface area (Å²) in [6, 6.07) is 12.8. The van der Waals surface area contributed by atoms with E-state index in [-0.39, 0.29) is 5.75 Å². The third-order valence-electron chi connectivity index (χ3n) is 2.59. The van der Waals surface area contributed by atoms with E-state index in [1.165, 1.54) is 0 Å². The molecule has 1 N–H and O–H groups in total. The smallest absolute Gasteiger partial charge is 0.235 e. The molecule has 4 nitrogen and oxygen atoms in total. The van der Waals surface area contributed by atoms with E-state index in [0.29, 0.717) is 5.95 Å². The van der Waals surface area contributed by atoms with Gasteiger partial charge in [-0.05, 0) is 47.8 Å². The van der Waals surface area contributed by atoms with E-state index < -0.39 is 0 Å². The molecule has 3 rings (SSSR count). The predicted octanol–water partition coefficient (Wildman–Crippen LogP) is 3.71. The minimum atomic E-state index is 0.240. The molecule has 0 radical (unpaired) electrons. The lowest BCUT2D eigenvalue weighted by Crippen LogP contribution is -2.11. The monoisotopic (exact) mass is 269 g/mol. The summed E-state index contributed by atoms with van der Waals surface area (Å²) in [5.74, 6) is 0.847. The van der Waals surface area contributed by atoms with Crippen LogP contribution in [0, 0.1) is 0 Å². The molecule has 3 aromatic rings. The van der Waals surface area contributed by atoms with E-state index in [1.807, 2.05) is 34.5 Å². The lowest BCUT2D eigenvalue weighted by atomic mass is 10.3. The van der Waals surface area contributed by atoms with E-state index >= 15 is 0 Å². The fraction of sp³-hybridized carbons (Fsp3) is 0. The zero-order valence-corrected chi connectivity index (χ0v) is 10.8. The van der Waals surface area contributed by atoms with Crippen LogP contribution in [0.25, 0.3) is 0 Å². The van der Waals surface area contributed by atoms with Crippen LogP contribution in [0.4, 0.5) is 16.6 Å². The van der Waals surface area contributed by atoms with Gasteiger partial charge in [0.25, 0.3) is 0 Å². The maximum atomic E-state index is 9.39. The molecule has 0 unspecified atom stereocenters. The maximum absolute atomic E-state index is 9.39. The Morgan fingerprint density at radius 1 is 0.947 bits per heavy atom. The topological polar surface area (TPSA) is 49.2 Å². The number of nitrogens with zero attached hydrogens (tertiary/aromatic N) is 3. The highest BCUT2D eigenvalue weighted by atomic mass is 32.1. The number of phenols is 1. The molecule has 5 heteroatoms. The van der Waals surface area contributed by atoms with Gasteiger partial charge in [-0.3, -0.25) is 4.90 Å². The normalized spacial score (nSPS) is 10.3. The van der Waals surface area contributed by atoms with Gasteiger partial charge in [0.05, 0.1) is 5.69 Å². The van der Waals surface area contributed by atoms with Gasteiger partial charge in [-0.1, -0.05) is 0 Å². The van der Waals surface area contributed by atoms with Crippen LogP contribution in [-0.2, 0) is 0 Å². The van der Waals surface area contributed by atoms with Gasteiger partial charge >= 0.3 is 0 Å². The quantitative estimate of drug-likeness (QED) is 0.787. The maximum Gasteiger partial charge on any atom is 0.235 e. The van der Waals surface area contributed by atoms with Crippen LogP contribution in [0.2, 0.25) is 0 Å². The number of aromatic hydroxyl groups is 1. The number of anilines is 3. The largest absolute Gasteiger partial charge is 0.508 e. The molecule has 0 aliphatic rings. The molecule has 0 saturated carbocycles. The first-order chi connectivity index (χ1) is 9.34. The molecule has 0 aliphatic heterocycles. The fourth-order valence-electron chi connectivity index (χ4n) is 1.75. The van der Waals surface area contributed by atoms with Gasteiger partial charge < -0.3 is 5.11 Å². The number of phenolic OH excluding ortho intramolecular Hbond substituents is 1. The van der Waals surface area contributed by atoms with E-state index in [2.05, 4.69) is 9.97 Å². The summed E-state index contributed by atoms with van der Waals surface area (Å²) < 4.78 is 0. The molecule has 94 valence electrons. The van der Waals surface area contributed by atoms with Crippen LogP contribution in [0.15, 0.2) is 60.2 Å². The van der Waals surface area contributed by atoms with Gasteiger partial charge in [0.2, 0.25) is 5.95 Å². The van der Waals surface area contributed by atoms with Crippen molar-refractivity contribution in [3.63, 3.8) is 0 Å². The van der Waals surface area contributed by atoms with E-state index in [0.717, 1.165) is 10.7 Å². The van der Waals surface area contributed by atoms with Crippen molar-refractivity contribution in [2.75, 3.05) is 4.90 Å². The van der Waals surface area contributed by atoms with E-state index in [9.17, 15) is 5.11 Å². The van der Waals surface area contributed by atoms with Gasteiger partial charge in [0.1, 0.15) is 10.8 Å². The Labute approximate surface area is 114 Å². The molecule has 0 bridgehead atoms. The zero-order valence-electron chi connectivity index (χ0n) is 9.97. The number of aromatic nitrogens is 2. The van der Waals surface area contributed by atoms with Crippen molar-refractivity contribution in [1.82, 2.24) is 9.97 Å². The summed E-state index contributed by atoms with van der Waals surface area (Å²) in [5.41, 5.74) is 0.909. The van der Waals surface area contributed by atoms with Crippen molar-refractivity contribution >= 4 is 28.0 Å². The first kappa shape index (κ1) is 11.7. The third-order valence-corrected chi connectivity index (χ3v) is 3.44. The number of hydrogen-bond donors (Lipinski definition) is 1. The molecule has 1 aromatic carbocycles. The number of thiophene rings is 1. The van der Waals surface area contributed by atoms with Gasteiger partial charge in [-0.25, -0.2) is 9.97 Å². The minimum Gasteiger partial charge on any atom is -0.508 e. The lowest BCUT2D eigenvalue weighted by Gasteiger charge is -2.20. The van der Waals surface area contributed by atoms with Crippen LogP contribution in [-0.4, -0.2) is 15.1 Å². The minimum absolute atomic E-state index is 0.240. The standard InChI is InChI=1S/C14H11N3OS/c18-12-6-4-11(5-7-12)17(13-3-1-10-19-13)14-15-8-2-9-16-14/h1-10,18H. The van der Waals surface area contributed by atoms with Crippen molar-refractivity contribution < 1.29 is 5.11 Å². The van der Waals surface area contributed by atoms with E-state index in [4.69, 9.17) is 0 Å². The fourth-order valence-corrected chi connectivity index (χ4v) is 2.49. The highest BCUT2D eigenvalue weighted by Gasteiger charge is 2.15. The van der Waals surface area contributed by atoms with Gasteiger partial charge in [-0.15, -0.1) is 11.3 Å². The van der Waals surface area contributed by atoms with Crippen LogP contribution in [0.5, 0.6) is 5.75 Å². The highest BCUT2D eigenvalue weighted by Crippen LogP contribution is 2.35. The van der Waals surface area contributed by atoms with Crippen molar-refractivity contribution in [3.8, 4) is 5.75 Å². The van der Waals surface area contributed by atoms with Crippen molar-refractivity contribution in [1.29, 1.82) is 0 Å². The summed E-state index contributed by atoms with van der Waals surface area (Å²) >= 11 is 1.61. The average Bonchev–Trinajstić information content (AvgIpc) is 2.96. The summed E-state index contributed by atoms with van der Waals surface area (Å²) in [5, 5.41) is 12.4. The Morgan fingerprint density at radius 3 is 2.32 bits per heavy atom. The zero-order chi connectivity index (χ0) is 13.1. The molecule has 0 fully saturated rings. The summed E-state index contributed by atoms with van der Waals surface area (Å²) in [6.45, 7) is 0. The van der Waals surface area contributed by atoms with E-state index in [1.54, 1.807) is 41.9 Å². The molecular formula is C14H11N3OS. The van der Waals surface area contributed by atoms with Crippen molar-refractivity contribution in [2.24, 2.45) is 0 Å². The first-order valence-electron chi connectivity index (χ1n) is 5.74. The van der Waals surface area contributed by atoms with Gasteiger partial charge in [-0.2, -0.15) is 0 Å². The molecule has 0 amide bonds. The summed E-state index contributed by atoms with van der Waals surface area (Å²) in [6.07, 6.45) is 3.42. The van der Waals surface area contributed by atoms with Crippen molar-refractivity contribution in [2.45, 2.75) is 0 Å². The first-order valence-corrected chi connectivity index (χ1v) is 6.62. The second kappa shape index (κ2) is 5.07. The SMILES string of the molecule is Oc1ccc(N(c2ncccn2)c2cccs2)cc1. The Balaban J connectivity index is 2.10. The van der Waals surface area contributed by atoms with Crippen LogP contribution in [0.3, 0.4) is 0 Å². The van der Waals surface area contributed by atoms with Gasteiger partial charge in [0, 0.05) is 12.4 Å². The second-order valence-electron chi connectivity index (χ2n) is 3.85. The third kappa shape index (κ3) is 2.41. The molecule has 2 heterocycles. The van der Waals surface area contributed by atoms with Gasteiger partial charge in [0.15, 0.2) is 0 Å². The number of hydrogen-bond acceptors (Lipinski definition) is 5. The molecule has 0 atom stereocenters. The number of rotatable bonds is 3. The van der Waals surface area contributed by atoms with Crippen LogP contribution >= 0.6 is 11.3 Å². The Kier molecular flexibility index (Phi) is 3.12. The predicted molar refractivity (Wildman–Crippen MR) is 76.3 cm³/mol. The number of benzene rings is 1. The molecule has 19 heavy (non-hydrogen) atoms. The molecular weight excluding hydrogens is 258 g/mol. The molecule has 2 aromatic heterocycles. The molecule has 0 saturated heterocycles. The Hall–Kier alpha value is -2.40. The lowest BCUT2D eigenvalue weighted by molar-refractivity contribution is 0.475.